The van der Waals surface area contributed by atoms with Crippen molar-refractivity contribution in [3.8, 4) is 0 Å². The first kappa shape index (κ1) is 10.9. The molecule has 0 bridgehead atoms. The van der Waals surface area contributed by atoms with Gasteiger partial charge in [0.15, 0.2) is 5.60 Å². The van der Waals surface area contributed by atoms with E-state index in [1.165, 1.54) is 14.2 Å². The topological polar surface area (TPSA) is 84.9 Å². The molecule has 6 heteroatoms. The summed E-state index contributed by atoms with van der Waals surface area (Å²) in [5.41, 5.74) is -1.62. The third-order valence-corrected chi connectivity index (χ3v) is 2.23. The van der Waals surface area contributed by atoms with Gasteiger partial charge in [-0.3, -0.25) is 4.79 Å². The van der Waals surface area contributed by atoms with Gasteiger partial charge in [0.2, 0.25) is 0 Å². The lowest BCUT2D eigenvalue weighted by Crippen LogP contribution is -2.41. The highest BCUT2D eigenvalue weighted by atomic mass is 16.5. The van der Waals surface area contributed by atoms with E-state index in [4.69, 9.17) is 0 Å². The van der Waals surface area contributed by atoms with Crippen molar-refractivity contribution >= 4 is 11.9 Å². The van der Waals surface area contributed by atoms with Crippen LogP contribution in [0.3, 0.4) is 0 Å². The van der Waals surface area contributed by atoms with E-state index in [1.807, 2.05) is 0 Å². The molecule has 1 rings (SSSR count). The number of carbonyl (C=O) groups is 2. The highest BCUT2D eigenvalue weighted by molar-refractivity contribution is 5.84. The number of ether oxygens (including phenoxy) is 2. The van der Waals surface area contributed by atoms with E-state index in [-0.39, 0.29) is 13.0 Å². The minimum Gasteiger partial charge on any atom is -0.468 e. The summed E-state index contributed by atoms with van der Waals surface area (Å²) >= 11 is 0. The van der Waals surface area contributed by atoms with Gasteiger partial charge in [0, 0.05) is 13.0 Å². The number of hydrogen-bond donors (Lipinski definition) is 2. The Morgan fingerprint density at radius 3 is 2.57 bits per heavy atom. The third kappa shape index (κ3) is 1.85. The molecule has 0 spiro atoms. The van der Waals surface area contributed by atoms with E-state index >= 15 is 0 Å². The van der Waals surface area contributed by atoms with Gasteiger partial charge < -0.3 is 19.9 Å². The lowest BCUT2D eigenvalue weighted by molar-refractivity contribution is -0.160. The Morgan fingerprint density at radius 1 is 1.43 bits per heavy atom. The lowest BCUT2D eigenvalue weighted by Gasteiger charge is -2.17. The maximum Gasteiger partial charge on any atom is 0.339 e. The Morgan fingerprint density at radius 2 is 2.07 bits per heavy atom. The molecule has 1 unspecified atom stereocenters. The second-order valence-electron chi connectivity index (χ2n) is 3.18. The monoisotopic (exact) mass is 203 g/mol. The first-order chi connectivity index (χ1) is 6.53. The molecule has 0 saturated carbocycles. The average Bonchev–Trinajstić information content (AvgIpc) is 2.60. The van der Waals surface area contributed by atoms with Crippen LogP contribution in [-0.4, -0.2) is 49.5 Å². The zero-order chi connectivity index (χ0) is 10.8. The fourth-order valence-corrected chi connectivity index (χ4v) is 1.43. The van der Waals surface area contributed by atoms with Crippen molar-refractivity contribution in [2.75, 3.05) is 20.8 Å². The van der Waals surface area contributed by atoms with E-state index in [9.17, 15) is 14.7 Å². The molecule has 80 valence electrons. The molecule has 1 aliphatic rings. The van der Waals surface area contributed by atoms with Gasteiger partial charge in [-0.1, -0.05) is 0 Å². The Kier molecular flexibility index (Phi) is 3.07. The molecule has 0 amide bonds. The summed E-state index contributed by atoms with van der Waals surface area (Å²) in [7, 11) is 2.44. The number of carbonyl (C=O) groups excluding carboxylic acids is 2. The summed E-state index contributed by atoms with van der Waals surface area (Å²) in [6.45, 7) is -0.000556. The Bertz CT molecular complexity index is 254. The minimum atomic E-state index is -1.62. The summed E-state index contributed by atoms with van der Waals surface area (Å²) in [5.74, 6) is -1.23. The van der Waals surface area contributed by atoms with Crippen molar-refractivity contribution < 1.29 is 24.2 Å². The van der Waals surface area contributed by atoms with Gasteiger partial charge in [-0.2, -0.15) is 0 Å². The van der Waals surface area contributed by atoms with E-state index in [1.54, 1.807) is 0 Å². The molecule has 0 aromatic rings. The standard InChI is InChI=1S/C8H13NO5/c1-13-6(10)5-3-8(12,4-9-5)7(11)14-2/h5,9,12H,3-4H2,1-2H3/t5-,8?/m0/s1. The number of hydrogen-bond acceptors (Lipinski definition) is 6. The summed E-state index contributed by atoms with van der Waals surface area (Å²) in [4.78, 5) is 22.2. The van der Waals surface area contributed by atoms with Crippen LogP contribution < -0.4 is 5.32 Å². The molecule has 1 heterocycles. The van der Waals surface area contributed by atoms with Crippen molar-refractivity contribution in [2.24, 2.45) is 0 Å². The van der Waals surface area contributed by atoms with Gasteiger partial charge in [-0.05, 0) is 0 Å². The molecule has 14 heavy (non-hydrogen) atoms. The first-order valence-corrected chi connectivity index (χ1v) is 4.15. The second kappa shape index (κ2) is 3.93. The van der Waals surface area contributed by atoms with Crippen LogP contribution in [-0.2, 0) is 19.1 Å². The maximum absolute atomic E-state index is 11.1. The number of β-amino-alcohol motifs (C(OH)–C–C–N with tert-alkyl or cyclic N) is 1. The normalized spacial score (nSPS) is 31.2. The van der Waals surface area contributed by atoms with Crippen molar-refractivity contribution in [2.45, 2.75) is 18.1 Å². The fraction of sp³-hybridized carbons (Fsp3) is 0.750. The Hall–Kier alpha value is -1.14. The van der Waals surface area contributed by atoms with E-state index in [0.29, 0.717) is 0 Å². The number of aliphatic hydroxyl groups is 1. The van der Waals surface area contributed by atoms with Gasteiger partial charge in [0.05, 0.1) is 14.2 Å². The molecular weight excluding hydrogens is 190 g/mol. The largest absolute Gasteiger partial charge is 0.468 e. The van der Waals surface area contributed by atoms with Crippen molar-refractivity contribution in [1.82, 2.24) is 5.32 Å². The molecule has 1 fully saturated rings. The van der Waals surface area contributed by atoms with Gasteiger partial charge in [0.1, 0.15) is 6.04 Å². The van der Waals surface area contributed by atoms with Crippen LogP contribution in [0, 0.1) is 0 Å². The van der Waals surface area contributed by atoms with Crippen molar-refractivity contribution in [3.05, 3.63) is 0 Å². The van der Waals surface area contributed by atoms with Gasteiger partial charge in [0.25, 0.3) is 0 Å². The van der Waals surface area contributed by atoms with E-state index in [0.717, 1.165) is 0 Å². The number of rotatable bonds is 2. The smallest absolute Gasteiger partial charge is 0.339 e. The molecule has 1 aliphatic heterocycles. The molecular formula is C8H13NO5. The molecule has 0 aliphatic carbocycles. The summed E-state index contributed by atoms with van der Waals surface area (Å²) in [5, 5.41) is 12.4. The zero-order valence-corrected chi connectivity index (χ0v) is 8.07. The quantitative estimate of drug-likeness (QED) is 0.527. The number of esters is 2. The highest BCUT2D eigenvalue weighted by Gasteiger charge is 2.47. The van der Waals surface area contributed by atoms with Crippen LogP contribution in [0.4, 0.5) is 0 Å². The zero-order valence-electron chi connectivity index (χ0n) is 8.07. The van der Waals surface area contributed by atoms with Crippen molar-refractivity contribution in [1.29, 1.82) is 0 Å². The van der Waals surface area contributed by atoms with Crippen molar-refractivity contribution in [3.63, 3.8) is 0 Å². The fourth-order valence-electron chi connectivity index (χ4n) is 1.43. The summed E-state index contributed by atoms with van der Waals surface area (Å²) in [6, 6.07) is -0.649. The molecule has 0 aromatic heterocycles. The Labute approximate surface area is 81.2 Å². The predicted octanol–water partition coefficient (Wildman–Crippen LogP) is -1.57. The van der Waals surface area contributed by atoms with Crippen LogP contribution in [0.1, 0.15) is 6.42 Å². The van der Waals surface area contributed by atoms with Crippen LogP contribution in [0.15, 0.2) is 0 Å². The molecule has 1 saturated heterocycles. The predicted molar refractivity (Wildman–Crippen MR) is 45.4 cm³/mol. The summed E-state index contributed by atoms with van der Waals surface area (Å²) in [6.07, 6.45) is -0.0215. The first-order valence-electron chi connectivity index (χ1n) is 4.15. The molecule has 2 N–H and O–H groups in total. The van der Waals surface area contributed by atoms with Gasteiger partial charge in [-0.25, -0.2) is 4.79 Å². The van der Waals surface area contributed by atoms with Crippen LogP contribution in [0.5, 0.6) is 0 Å². The Balaban J connectivity index is 2.64. The minimum absolute atomic E-state index is 0.000556. The average molecular weight is 203 g/mol. The molecule has 6 nitrogen and oxygen atoms in total. The number of nitrogens with one attached hydrogen (secondary N) is 1. The number of methoxy groups -OCH3 is 2. The molecule has 0 radical (unpaired) electrons. The van der Waals surface area contributed by atoms with E-state index in [2.05, 4.69) is 14.8 Å². The SMILES string of the molecule is COC(=O)[C@@H]1CC(O)(C(=O)OC)CN1. The van der Waals surface area contributed by atoms with Crippen LogP contribution >= 0.6 is 0 Å². The lowest BCUT2D eigenvalue weighted by atomic mass is 10.0. The second-order valence-corrected chi connectivity index (χ2v) is 3.18. The summed E-state index contributed by atoms with van der Waals surface area (Å²) < 4.78 is 8.89. The highest BCUT2D eigenvalue weighted by Crippen LogP contribution is 2.21. The molecule has 0 aromatic carbocycles. The van der Waals surface area contributed by atoms with Gasteiger partial charge in [-0.15, -0.1) is 0 Å². The van der Waals surface area contributed by atoms with Crippen LogP contribution in [0.25, 0.3) is 0 Å². The maximum atomic E-state index is 11.1. The third-order valence-electron chi connectivity index (χ3n) is 2.23. The van der Waals surface area contributed by atoms with Crippen LogP contribution in [0.2, 0.25) is 0 Å². The van der Waals surface area contributed by atoms with E-state index < -0.39 is 23.6 Å². The molecule has 2 atom stereocenters. The van der Waals surface area contributed by atoms with Gasteiger partial charge >= 0.3 is 11.9 Å².